The summed E-state index contributed by atoms with van der Waals surface area (Å²) in [5, 5.41) is 13.1. The van der Waals surface area contributed by atoms with Crippen LogP contribution in [-0.4, -0.2) is 16.0 Å². The van der Waals surface area contributed by atoms with Gasteiger partial charge < -0.3 is 15.4 Å². The SMILES string of the molecule is Cc1[nH]c(C(=O)NC(c2ccccc2)c2ccccc2)c(C)c1[C@H](C)O. The molecule has 26 heavy (non-hydrogen) atoms. The first-order valence-electron chi connectivity index (χ1n) is 8.77. The number of aryl methyl sites for hydroxylation is 1. The quantitative estimate of drug-likeness (QED) is 0.647. The van der Waals surface area contributed by atoms with Crippen molar-refractivity contribution in [1.29, 1.82) is 0 Å². The molecule has 0 saturated heterocycles. The van der Waals surface area contributed by atoms with E-state index in [2.05, 4.69) is 10.3 Å². The van der Waals surface area contributed by atoms with Crippen LogP contribution in [0.1, 0.15) is 57.5 Å². The summed E-state index contributed by atoms with van der Waals surface area (Å²) >= 11 is 0. The summed E-state index contributed by atoms with van der Waals surface area (Å²) < 4.78 is 0. The number of carbonyl (C=O) groups excluding carboxylic acids is 1. The van der Waals surface area contributed by atoms with E-state index in [1.54, 1.807) is 6.92 Å². The third-order valence-corrected chi connectivity index (χ3v) is 4.68. The predicted octanol–water partition coefficient (Wildman–Crippen LogP) is 4.20. The van der Waals surface area contributed by atoms with Crippen LogP contribution in [0.25, 0.3) is 0 Å². The topological polar surface area (TPSA) is 65.1 Å². The van der Waals surface area contributed by atoms with Crippen LogP contribution in [0, 0.1) is 13.8 Å². The maximum absolute atomic E-state index is 13.0. The van der Waals surface area contributed by atoms with E-state index in [-0.39, 0.29) is 11.9 Å². The van der Waals surface area contributed by atoms with Gasteiger partial charge in [-0.05, 0) is 37.5 Å². The van der Waals surface area contributed by atoms with Crippen molar-refractivity contribution >= 4 is 5.91 Å². The molecule has 1 heterocycles. The Balaban J connectivity index is 1.95. The molecule has 0 aliphatic carbocycles. The van der Waals surface area contributed by atoms with Gasteiger partial charge in [-0.3, -0.25) is 4.79 Å². The minimum atomic E-state index is -0.619. The van der Waals surface area contributed by atoms with Crippen molar-refractivity contribution in [3.05, 3.63) is 94.3 Å². The minimum absolute atomic E-state index is 0.185. The number of H-pyrrole nitrogens is 1. The van der Waals surface area contributed by atoms with Crippen molar-refractivity contribution in [1.82, 2.24) is 10.3 Å². The number of benzene rings is 2. The van der Waals surface area contributed by atoms with Gasteiger partial charge in [-0.15, -0.1) is 0 Å². The number of aromatic nitrogens is 1. The van der Waals surface area contributed by atoms with Crippen molar-refractivity contribution < 1.29 is 9.90 Å². The molecule has 0 saturated carbocycles. The molecule has 1 aromatic heterocycles. The number of rotatable bonds is 5. The van der Waals surface area contributed by atoms with Crippen LogP contribution in [-0.2, 0) is 0 Å². The molecule has 0 bridgehead atoms. The van der Waals surface area contributed by atoms with E-state index < -0.39 is 6.10 Å². The van der Waals surface area contributed by atoms with Crippen LogP contribution in [0.4, 0.5) is 0 Å². The summed E-state index contributed by atoms with van der Waals surface area (Å²) in [6.45, 7) is 5.44. The van der Waals surface area contributed by atoms with Crippen molar-refractivity contribution in [3.63, 3.8) is 0 Å². The van der Waals surface area contributed by atoms with Crippen LogP contribution in [0.5, 0.6) is 0 Å². The minimum Gasteiger partial charge on any atom is -0.389 e. The summed E-state index contributed by atoms with van der Waals surface area (Å²) in [6.07, 6.45) is -0.619. The lowest BCUT2D eigenvalue weighted by Crippen LogP contribution is -2.30. The monoisotopic (exact) mass is 348 g/mol. The number of aliphatic hydroxyl groups is 1. The van der Waals surface area contributed by atoms with Crippen LogP contribution in [0.2, 0.25) is 0 Å². The molecule has 0 aliphatic heterocycles. The second-order valence-electron chi connectivity index (χ2n) is 6.57. The van der Waals surface area contributed by atoms with Crippen molar-refractivity contribution in [3.8, 4) is 0 Å². The van der Waals surface area contributed by atoms with E-state index in [0.29, 0.717) is 5.69 Å². The lowest BCUT2D eigenvalue weighted by Gasteiger charge is -2.20. The first-order valence-corrected chi connectivity index (χ1v) is 8.77. The molecule has 0 radical (unpaired) electrons. The smallest absolute Gasteiger partial charge is 0.268 e. The first-order chi connectivity index (χ1) is 12.5. The summed E-state index contributed by atoms with van der Waals surface area (Å²) in [7, 11) is 0. The number of aromatic amines is 1. The average Bonchev–Trinajstić information content (AvgIpc) is 2.95. The Labute approximate surface area is 153 Å². The van der Waals surface area contributed by atoms with Gasteiger partial charge in [0.25, 0.3) is 5.91 Å². The molecule has 2 aromatic carbocycles. The van der Waals surface area contributed by atoms with Crippen molar-refractivity contribution in [2.45, 2.75) is 32.9 Å². The fourth-order valence-corrected chi connectivity index (χ4v) is 3.47. The van der Waals surface area contributed by atoms with Gasteiger partial charge in [0, 0.05) is 11.3 Å². The number of nitrogens with one attached hydrogen (secondary N) is 2. The number of carbonyl (C=O) groups is 1. The molecule has 0 spiro atoms. The number of hydrogen-bond acceptors (Lipinski definition) is 2. The Morgan fingerprint density at radius 2 is 1.46 bits per heavy atom. The van der Waals surface area contributed by atoms with E-state index in [0.717, 1.165) is 27.9 Å². The van der Waals surface area contributed by atoms with Gasteiger partial charge in [0.2, 0.25) is 0 Å². The predicted molar refractivity (Wildman–Crippen MR) is 103 cm³/mol. The van der Waals surface area contributed by atoms with E-state index in [1.165, 1.54) is 0 Å². The fraction of sp³-hybridized carbons (Fsp3) is 0.227. The Bertz CT molecular complexity index is 844. The van der Waals surface area contributed by atoms with Crippen molar-refractivity contribution in [2.75, 3.05) is 0 Å². The Kier molecular flexibility index (Phi) is 5.24. The lowest BCUT2D eigenvalue weighted by molar-refractivity contribution is 0.0937. The van der Waals surface area contributed by atoms with Gasteiger partial charge in [-0.1, -0.05) is 60.7 Å². The number of aliphatic hydroxyl groups excluding tert-OH is 1. The van der Waals surface area contributed by atoms with Gasteiger partial charge in [-0.25, -0.2) is 0 Å². The van der Waals surface area contributed by atoms with Gasteiger partial charge in [0.1, 0.15) is 5.69 Å². The van der Waals surface area contributed by atoms with E-state index in [4.69, 9.17) is 0 Å². The second kappa shape index (κ2) is 7.58. The lowest BCUT2D eigenvalue weighted by atomic mass is 9.98. The van der Waals surface area contributed by atoms with Gasteiger partial charge in [-0.2, -0.15) is 0 Å². The highest BCUT2D eigenvalue weighted by Crippen LogP contribution is 2.26. The van der Waals surface area contributed by atoms with Gasteiger partial charge in [0.15, 0.2) is 0 Å². The van der Waals surface area contributed by atoms with Crippen LogP contribution < -0.4 is 5.32 Å². The summed E-state index contributed by atoms with van der Waals surface area (Å²) in [4.78, 5) is 16.1. The highest BCUT2D eigenvalue weighted by atomic mass is 16.3. The maximum Gasteiger partial charge on any atom is 0.268 e. The summed E-state index contributed by atoms with van der Waals surface area (Å²) in [6, 6.07) is 19.6. The number of amides is 1. The van der Waals surface area contributed by atoms with Crippen LogP contribution >= 0.6 is 0 Å². The average molecular weight is 348 g/mol. The third kappa shape index (κ3) is 3.55. The van der Waals surface area contributed by atoms with Gasteiger partial charge >= 0.3 is 0 Å². The molecule has 4 nitrogen and oxygen atoms in total. The summed E-state index contributed by atoms with van der Waals surface area (Å²) in [5.41, 5.74) is 4.92. The second-order valence-corrected chi connectivity index (χ2v) is 6.57. The van der Waals surface area contributed by atoms with E-state index in [9.17, 15) is 9.90 Å². The van der Waals surface area contributed by atoms with Gasteiger partial charge in [0.05, 0.1) is 12.1 Å². The standard InChI is InChI=1S/C22H24N2O2/c1-14-19(16(3)25)15(2)23-20(14)22(26)24-21(17-10-6-4-7-11-17)18-12-8-5-9-13-18/h4-13,16,21,23,25H,1-3H3,(H,24,26)/t16-/m0/s1. The third-order valence-electron chi connectivity index (χ3n) is 4.68. The molecule has 134 valence electrons. The Morgan fingerprint density at radius 1 is 0.962 bits per heavy atom. The molecule has 4 heteroatoms. The Morgan fingerprint density at radius 3 is 1.88 bits per heavy atom. The van der Waals surface area contributed by atoms with Crippen LogP contribution in [0.3, 0.4) is 0 Å². The van der Waals surface area contributed by atoms with Crippen molar-refractivity contribution in [2.24, 2.45) is 0 Å². The zero-order valence-corrected chi connectivity index (χ0v) is 15.3. The maximum atomic E-state index is 13.0. The fourth-order valence-electron chi connectivity index (χ4n) is 3.47. The highest BCUT2D eigenvalue weighted by molar-refractivity contribution is 5.95. The zero-order chi connectivity index (χ0) is 18.7. The zero-order valence-electron chi connectivity index (χ0n) is 15.3. The van der Waals surface area contributed by atoms with E-state index >= 15 is 0 Å². The largest absolute Gasteiger partial charge is 0.389 e. The molecule has 0 unspecified atom stereocenters. The molecule has 3 N–H and O–H groups in total. The molecule has 1 amide bonds. The molecule has 3 aromatic rings. The highest BCUT2D eigenvalue weighted by Gasteiger charge is 2.23. The summed E-state index contributed by atoms with van der Waals surface area (Å²) in [5.74, 6) is -0.185. The molecule has 0 aliphatic rings. The normalized spacial score (nSPS) is 12.2. The molecule has 3 rings (SSSR count). The van der Waals surface area contributed by atoms with Crippen LogP contribution in [0.15, 0.2) is 60.7 Å². The number of hydrogen-bond donors (Lipinski definition) is 3. The Hall–Kier alpha value is -2.85. The van der Waals surface area contributed by atoms with E-state index in [1.807, 2.05) is 74.5 Å². The molecule has 0 fully saturated rings. The molecular formula is C22H24N2O2. The first kappa shape index (κ1) is 18.0. The molecule has 1 atom stereocenters. The molecular weight excluding hydrogens is 324 g/mol.